The van der Waals surface area contributed by atoms with Crippen molar-refractivity contribution < 1.29 is 19.4 Å². The first-order valence-corrected chi connectivity index (χ1v) is 10.4. The number of hydrogen-bond donors (Lipinski definition) is 2. The average Bonchev–Trinajstić information content (AvgIpc) is 2.68. The zero-order valence-corrected chi connectivity index (χ0v) is 18.1. The third-order valence-corrected chi connectivity index (χ3v) is 5.02. The minimum Gasteiger partial charge on any atom is -0.455 e. The molecule has 2 aromatic rings. The number of aromatic nitrogens is 2. The van der Waals surface area contributed by atoms with Crippen LogP contribution in [0.5, 0.6) is 0 Å². The number of carbonyl (C=O) groups is 2. The molecule has 2 atom stereocenters. The Labute approximate surface area is 180 Å². The van der Waals surface area contributed by atoms with Crippen LogP contribution < -0.4 is 5.32 Å². The second kappa shape index (κ2) is 9.10. The van der Waals surface area contributed by atoms with E-state index in [1.165, 1.54) is 6.20 Å². The number of amides is 1. The predicted molar refractivity (Wildman–Crippen MR) is 113 cm³/mol. The Hall–Kier alpha value is -2.51. The molecule has 160 valence electrons. The van der Waals surface area contributed by atoms with E-state index < -0.39 is 29.6 Å². The first-order chi connectivity index (χ1) is 14.1. The molecule has 30 heavy (non-hydrogen) atoms. The van der Waals surface area contributed by atoms with E-state index in [1.54, 1.807) is 45.0 Å². The standard InChI is InChI=1S/C22H26ClN3O4/c1-22(2,3)30-21(29)19-18(20(28)26-15-6-4-5-7-17(15)27)25-16(12-24-19)13-8-10-14(23)11-9-13/h8-12,15,17,27H,4-7H2,1-3H3,(H,26,28). The molecule has 3 rings (SSSR count). The zero-order chi connectivity index (χ0) is 21.9. The van der Waals surface area contributed by atoms with Gasteiger partial charge in [-0.1, -0.05) is 36.6 Å². The van der Waals surface area contributed by atoms with Gasteiger partial charge in [-0.25, -0.2) is 14.8 Å². The fraction of sp³-hybridized carbons (Fsp3) is 0.455. The van der Waals surface area contributed by atoms with E-state index in [0.717, 1.165) is 12.8 Å². The molecule has 1 aromatic carbocycles. The van der Waals surface area contributed by atoms with Crippen molar-refractivity contribution in [1.82, 2.24) is 15.3 Å². The number of esters is 1. The highest BCUT2D eigenvalue weighted by Crippen LogP contribution is 2.23. The van der Waals surface area contributed by atoms with Crippen LogP contribution in [0.1, 0.15) is 67.4 Å². The molecule has 1 fully saturated rings. The van der Waals surface area contributed by atoms with Crippen molar-refractivity contribution in [2.45, 2.75) is 64.2 Å². The largest absolute Gasteiger partial charge is 0.455 e. The van der Waals surface area contributed by atoms with Gasteiger partial charge in [0.2, 0.25) is 0 Å². The Morgan fingerprint density at radius 1 is 1.13 bits per heavy atom. The summed E-state index contributed by atoms with van der Waals surface area (Å²) in [7, 11) is 0. The number of rotatable bonds is 4. The van der Waals surface area contributed by atoms with Crippen LogP contribution >= 0.6 is 11.6 Å². The van der Waals surface area contributed by atoms with Crippen molar-refractivity contribution >= 4 is 23.5 Å². The molecule has 2 N–H and O–H groups in total. The number of halogens is 1. The summed E-state index contributed by atoms with van der Waals surface area (Å²) in [6, 6.07) is 6.54. The number of aliphatic hydroxyl groups excluding tert-OH is 1. The number of carbonyl (C=O) groups excluding carboxylic acids is 2. The van der Waals surface area contributed by atoms with E-state index in [2.05, 4.69) is 15.3 Å². The van der Waals surface area contributed by atoms with Crippen LogP contribution in [0.3, 0.4) is 0 Å². The van der Waals surface area contributed by atoms with Gasteiger partial charge in [-0.3, -0.25) is 4.79 Å². The fourth-order valence-electron chi connectivity index (χ4n) is 3.30. The summed E-state index contributed by atoms with van der Waals surface area (Å²) in [5.74, 6) is -1.29. The second-order valence-electron chi connectivity index (χ2n) is 8.39. The summed E-state index contributed by atoms with van der Waals surface area (Å²) in [6.07, 6.45) is 3.92. The van der Waals surface area contributed by atoms with Gasteiger partial charge in [0.1, 0.15) is 5.60 Å². The fourth-order valence-corrected chi connectivity index (χ4v) is 3.43. The Bertz CT molecular complexity index is 925. The number of hydrogen-bond acceptors (Lipinski definition) is 6. The number of nitrogens with zero attached hydrogens (tertiary/aromatic N) is 2. The van der Waals surface area contributed by atoms with Crippen molar-refractivity contribution in [3.8, 4) is 11.3 Å². The van der Waals surface area contributed by atoms with Crippen LogP contribution in [-0.4, -0.2) is 44.7 Å². The Balaban J connectivity index is 1.96. The Morgan fingerprint density at radius 3 is 2.43 bits per heavy atom. The van der Waals surface area contributed by atoms with Crippen LogP contribution in [0.4, 0.5) is 0 Å². The molecule has 0 bridgehead atoms. The molecule has 0 saturated heterocycles. The van der Waals surface area contributed by atoms with Gasteiger partial charge >= 0.3 is 5.97 Å². The van der Waals surface area contributed by atoms with E-state index in [1.807, 2.05) is 0 Å². The second-order valence-corrected chi connectivity index (χ2v) is 8.83. The summed E-state index contributed by atoms with van der Waals surface area (Å²) in [5, 5.41) is 13.6. The van der Waals surface area contributed by atoms with Crippen molar-refractivity contribution in [2.24, 2.45) is 0 Å². The topological polar surface area (TPSA) is 101 Å². The summed E-state index contributed by atoms with van der Waals surface area (Å²) < 4.78 is 5.40. The highest BCUT2D eigenvalue weighted by atomic mass is 35.5. The number of benzene rings is 1. The molecule has 2 unspecified atom stereocenters. The van der Waals surface area contributed by atoms with Gasteiger partial charge in [0.25, 0.3) is 5.91 Å². The highest BCUT2D eigenvalue weighted by molar-refractivity contribution is 6.30. The van der Waals surface area contributed by atoms with E-state index >= 15 is 0 Å². The molecule has 8 heteroatoms. The van der Waals surface area contributed by atoms with Crippen molar-refractivity contribution in [1.29, 1.82) is 0 Å². The third-order valence-electron chi connectivity index (χ3n) is 4.77. The lowest BCUT2D eigenvalue weighted by Gasteiger charge is -2.28. The normalized spacial score (nSPS) is 19.2. The monoisotopic (exact) mass is 431 g/mol. The molecule has 7 nitrogen and oxygen atoms in total. The van der Waals surface area contributed by atoms with Gasteiger partial charge in [0.15, 0.2) is 11.4 Å². The van der Waals surface area contributed by atoms with E-state index in [9.17, 15) is 14.7 Å². The maximum absolute atomic E-state index is 13.0. The number of nitrogens with one attached hydrogen (secondary N) is 1. The number of aliphatic hydroxyl groups is 1. The molecule has 1 aliphatic carbocycles. The van der Waals surface area contributed by atoms with Gasteiger partial charge in [0, 0.05) is 10.6 Å². The van der Waals surface area contributed by atoms with Gasteiger partial charge in [-0.05, 0) is 45.7 Å². The van der Waals surface area contributed by atoms with Crippen molar-refractivity contribution in [3.63, 3.8) is 0 Å². The third kappa shape index (κ3) is 5.55. The van der Waals surface area contributed by atoms with Gasteiger partial charge < -0.3 is 15.2 Å². The number of ether oxygens (including phenoxy) is 1. The average molecular weight is 432 g/mol. The summed E-state index contributed by atoms with van der Waals surface area (Å²) >= 11 is 5.95. The lowest BCUT2D eigenvalue weighted by molar-refractivity contribution is 0.00599. The van der Waals surface area contributed by atoms with E-state index in [4.69, 9.17) is 16.3 Å². The highest BCUT2D eigenvalue weighted by Gasteiger charge is 2.30. The van der Waals surface area contributed by atoms with E-state index in [-0.39, 0.29) is 11.4 Å². The van der Waals surface area contributed by atoms with Crippen LogP contribution in [0.15, 0.2) is 30.5 Å². The molecule has 1 heterocycles. The zero-order valence-electron chi connectivity index (χ0n) is 17.3. The first-order valence-electron chi connectivity index (χ1n) is 9.99. The van der Waals surface area contributed by atoms with Crippen molar-refractivity contribution in [3.05, 3.63) is 46.9 Å². The van der Waals surface area contributed by atoms with Crippen LogP contribution in [0.25, 0.3) is 11.3 Å². The summed E-state index contributed by atoms with van der Waals surface area (Å²) in [5.41, 5.74) is 0.0867. The van der Waals surface area contributed by atoms with Crippen LogP contribution in [0, 0.1) is 0 Å². The van der Waals surface area contributed by atoms with Crippen LogP contribution in [-0.2, 0) is 4.74 Å². The quantitative estimate of drug-likeness (QED) is 0.714. The van der Waals surface area contributed by atoms with Gasteiger partial charge in [0.05, 0.1) is 24.0 Å². The minimum absolute atomic E-state index is 0.130. The molecule has 1 saturated carbocycles. The molecular formula is C22H26ClN3O4. The first kappa shape index (κ1) is 22.2. The van der Waals surface area contributed by atoms with Crippen LogP contribution in [0.2, 0.25) is 5.02 Å². The predicted octanol–water partition coefficient (Wildman–Crippen LogP) is 3.79. The Kier molecular flexibility index (Phi) is 6.73. The minimum atomic E-state index is -0.749. The molecule has 1 aromatic heterocycles. The smallest absolute Gasteiger partial charge is 0.359 e. The van der Waals surface area contributed by atoms with Gasteiger partial charge in [-0.2, -0.15) is 0 Å². The lowest BCUT2D eigenvalue weighted by atomic mass is 9.92. The van der Waals surface area contributed by atoms with Crippen molar-refractivity contribution in [2.75, 3.05) is 0 Å². The molecule has 0 aliphatic heterocycles. The SMILES string of the molecule is CC(C)(C)OC(=O)c1ncc(-c2ccc(Cl)cc2)nc1C(=O)NC1CCCCC1O. The summed E-state index contributed by atoms with van der Waals surface area (Å²) in [4.78, 5) is 34.3. The molecule has 0 radical (unpaired) electrons. The molecule has 1 aliphatic rings. The molecular weight excluding hydrogens is 406 g/mol. The summed E-state index contributed by atoms with van der Waals surface area (Å²) in [6.45, 7) is 5.20. The molecule has 0 spiro atoms. The maximum atomic E-state index is 13.0. The van der Waals surface area contributed by atoms with Gasteiger partial charge in [-0.15, -0.1) is 0 Å². The van der Waals surface area contributed by atoms with E-state index in [0.29, 0.717) is 29.1 Å². The lowest BCUT2D eigenvalue weighted by Crippen LogP contribution is -2.45. The Morgan fingerprint density at radius 2 is 1.80 bits per heavy atom. The molecule has 1 amide bonds. The maximum Gasteiger partial charge on any atom is 0.359 e.